The molecule has 0 aliphatic carbocycles. The number of nitrogens with one attached hydrogen (secondary N) is 1. The Kier molecular flexibility index (Phi) is 5.33. The predicted molar refractivity (Wildman–Crippen MR) is 110 cm³/mol. The molecule has 144 valence electrons. The largest absolute Gasteiger partial charge is 0.453 e. The molecule has 4 rings (SSSR count). The lowest BCUT2D eigenvalue weighted by Crippen LogP contribution is -2.26. The Bertz CT molecular complexity index is 1140. The standard InChI is InChI=1S/C23H18FN3O2/c24-18-11-13-19(14-12-18)26-22-21(29-20-9-5-2-6-10-20)15-25-27(23(22)28)16-17-7-3-1-4-8-17/h1-15,26H,16H2. The summed E-state index contributed by atoms with van der Waals surface area (Å²) in [6, 6.07) is 24.5. The summed E-state index contributed by atoms with van der Waals surface area (Å²) in [5.41, 5.74) is 1.41. The molecule has 0 atom stereocenters. The second-order valence-corrected chi connectivity index (χ2v) is 6.38. The molecule has 0 aliphatic heterocycles. The number of nitrogens with zero attached hydrogens (tertiary/aromatic N) is 2. The van der Waals surface area contributed by atoms with Crippen LogP contribution in [0.25, 0.3) is 0 Å². The molecule has 1 aromatic heterocycles. The molecule has 0 unspecified atom stereocenters. The van der Waals surface area contributed by atoms with Crippen molar-refractivity contribution in [2.24, 2.45) is 0 Å². The van der Waals surface area contributed by atoms with Crippen LogP contribution in [0.15, 0.2) is 95.9 Å². The van der Waals surface area contributed by atoms with E-state index in [0.29, 0.717) is 18.0 Å². The third kappa shape index (κ3) is 4.50. The summed E-state index contributed by atoms with van der Waals surface area (Å²) in [7, 11) is 0. The molecule has 5 nitrogen and oxygen atoms in total. The number of para-hydroxylation sites is 1. The summed E-state index contributed by atoms with van der Waals surface area (Å²) in [4.78, 5) is 13.1. The van der Waals surface area contributed by atoms with Gasteiger partial charge in [0.15, 0.2) is 11.4 Å². The van der Waals surface area contributed by atoms with Gasteiger partial charge in [-0.15, -0.1) is 0 Å². The maximum atomic E-state index is 13.2. The summed E-state index contributed by atoms with van der Waals surface area (Å²) in [5, 5.41) is 7.31. The summed E-state index contributed by atoms with van der Waals surface area (Å²) in [6.07, 6.45) is 1.50. The first kappa shape index (κ1) is 18.4. The Morgan fingerprint density at radius 3 is 2.24 bits per heavy atom. The highest BCUT2D eigenvalue weighted by molar-refractivity contribution is 5.65. The lowest BCUT2D eigenvalue weighted by molar-refractivity contribution is 0.473. The van der Waals surface area contributed by atoms with E-state index in [1.807, 2.05) is 48.5 Å². The number of hydrogen-bond donors (Lipinski definition) is 1. The summed E-state index contributed by atoms with van der Waals surface area (Å²) in [6.45, 7) is 0.323. The Morgan fingerprint density at radius 1 is 0.897 bits per heavy atom. The molecule has 6 heteroatoms. The zero-order chi connectivity index (χ0) is 20.1. The average molecular weight is 387 g/mol. The van der Waals surface area contributed by atoms with Crippen LogP contribution in [-0.2, 0) is 6.54 Å². The van der Waals surface area contributed by atoms with Crippen LogP contribution in [0.4, 0.5) is 15.8 Å². The van der Waals surface area contributed by atoms with Gasteiger partial charge in [0.2, 0.25) is 0 Å². The van der Waals surface area contributed by atoms with E-state index in [0.717, 1.165) is 5.56 Å². The van der Waals surface area contributed by atoms with Crippen LogP contribution < -0.4 is 15.6 Å². The van der Waals surface area contributed by atoms with Crippen molar-refractivity contribution in [3.63, 3.8) is 0 Å². The maximum absolute atomic E-state index is 13.2. The van der Waals surface area contributed by atoms with Crippen molar-refractivity contribution >= 4 is 11.4 Å². The van der Waals surface area contributed by atoms with E-state index in [2.05, 4.69) is 10.4 Å². The van der Waals surface area contributed by atoms with Gasteiger partial charge >= 0.3 is 0 Å². The highest BCUT2D eigenvalue weighted by Gasteiger charge is 2.14. The molecule has 0 spiro atoms. The van der Waals surface area contributed by atoms with Crippen LogP contribution >= 0.6 is 0 Å². The molecule has 0 amide bonds. The van der Waals surface area contributed by atoms with Crippen LogP contribution in [0, 0.1) is 5.82 Å². The van der Waals surface area contributed by atoms with Crippen LogP contribution in [0.3, 0.4) is 0 Å². The van der Waals surface area contributed by atoms with Gasteiger partial charge in [-0.3, -0.25) is 4.79 Å². The molecule has 1 heterocycles. The average Bonchev–Trinajstić information content (AvgIpc) is 2.75. The lowest BCUT2D eigenvalue weighted by atomic mass is 10.2. The monoisotopic (exact) mass is 387 g/mol. The highest BCUT2D eigenvalue weighted by Crippen LogP contribution is 2.28. The Balaban J connectivity index is 1.72. The van der Waals surface area contributed by atoms with Crippen LogP contribution in [0.1, 0.15) is 5.56 Å². The smallest absolute Gasteiger partial charge is 0.294 e. The first-order valence-electron chi connectivity index (χ1n) is 9.08. The molecule has 0 saturated heterocycles. The van der Waals surface area contributed by atoms with Crippen molar-refractivity contribution in [3.8, 4) is 11.5 Å². The minimum absolute atomic E-state index is 0.228. The highest BCUT2D eigenvalue weighted by atomic mass is 19.1. The first-order valence-corrected chi connectivity index (χ1v) is 9.08. The van der Waals surface area contributed by atoms with Crippen molar-refractivity contribution in [1.29, 1.82) is 0 Å². The van der Waals surface area contributed by atoms with Crippen LogP contribution in [0.2, 0.25) is 0 Å². The number of halogens is 1. The number of hydrogen-bond acceptors (Lipinski definition) is 4. The molecule has 0 radical (unpaired) electrons. The molecule has 0 aliphatic rings. The second kappa shape index (κ2) is 8.39. The Morgan fingerprint density at radius 2 is 1.55 bits per heavy atom. The number of rotatable bonds is 6. The normalized spacial score (nSPS) is 10.5. The van der Waals surface area contributed by atoms with Crippen LogP contribution in [0.5, 0.6) is 11.5 Å². The van der Waals surface area contributed by atoms with E-state index in [1.54, 1.807) is 24.3 Å². The quantitative estimate of drug-likeness (QED) is 0.508. The third-order valence-corrected chi connectivity index (χ3v) is 4.27. The molecule has 0 saturated carbocycles. The maximum Gasteiger partial charge on any atom is 0.294 e. The SMILES string of the molecule is O=c1c(Nc2ccc(F)cc2)c(Oc2ccccc2)cnn1Cc1ccccc1. The van der Waals surface area contributed by atoms with Gasteiger partial charge in [-0.25, -0.2) is 9.07 Å². The van der Waals surface area contributed by atoms with Crippen molar-refractivity contribution in [2.75, 3.05) is 5.32 Å². The molecular formula is C23H18FN3O2. The van der Waals surface area contributed by atoms with E-state index >= 15 is 0 Å². The fraction of sp³-hybridized carbons (Fsp3) is 0.0435. The van der Waals surface area contributed by atoms with Gasteiger partial charge in [0.1, 0.15) is 11.6 Å². The van der Waals surface area contributed by atoms with Gasteiger partial charge in [-0.05, 0) is 42.0 Å². The van der Waals surface area contributed by atoms with Gasteiger partial charge in [-0.1, -0.05) is 48.5 Å². The van der Waals surface area contributed by atoms with Crippen molar-refractivity contribution < 1.29 is 9.13 Å². The van der Waals surface area contributed by atoms with E-state index in [-0.39, 0.29) is 22.8 Å². The lowest BCUT2D eigenvalue weighted by Gasteiger charge is -2.14. The Labute approximate surface area is 167 Å². The number of anilines is 2. The van der Waals surface area contributed by atoms with E-state index in [9.17, 15) is 9.18 Å². The fourth-order valence-corrected chi connectivity index (χ4v) is 2.83. The number of benzene rings is 3. The minimum Gasteiger partial charge on any atom is -0.453 e. The predicted octanol–water partition coefficient (Wildman–Crippen LogP) is 4.97. The third-order valence-electron chi connectivity index (χ3n) is 4.27. The van der Waals surface area contributed by atoms with Gasteiger partial charge in [0.25, 0.3) is 5.56 Å². The summed E-state index contributed by atoms with van der Waals surface area (Å²) >= 11 is 0. The zero-order valence-electron chi connectivity index (χ0n) is 15.5. The molecule has 0 fully saturated rings. The number of aromatic nitrogens is 2. The summed E-state index contributed by atoms with van der Waals surface area (Å²) in [5.74, 6) is 0.513. The molecule has 4 aromatic rings. The second-order valence-electron chi connectivity index (χ2n) is 6.38. The molecule has 3 aromatic carbocycles. The van der Waals surface area contributed by atoms with Crippen LogP contribution in [-0.4, -0.2) is 9.78 Å². The van der Waals surface area contributed by atoms with Gasteiger partial charge in [-0.2, -0.15) is 5.10 Å². The van der Waals surface area contributed by atoms with Crippen molar-refractivity contribution in [2.45, 2.75) is 6.54 Å². The number of ether oxygens (including phenoxy) is 1. The molecular weight excluding hydrogens is 369 g/mol. The van der Waals surface area contributed by atoms with Crippen molar-refractivity contribution in [3.05, 3.63) is 113 Å². The summed E-state index contributed by atoms with van der Waals surface area (Å²) < 4.78 is 20.5. The van der Waals surface area contributed by atoms with E-state index in [1.165, 1.54) is 23.0 Å². The molecule has 1 N–H and O–H groups in total. The van der Waals surface area contributed by atoms with Crippen molar-refractivity contribution in [1.82, 2.24) is 9.78 Å². The topological polar surface area (TPSA) is 56.1 Å². The minimum atomic E-state index is -0.354. The molecule has 0 bridgehead atoms. The van der Waals surface area contributed by atoms with E-state index < -0.39 is 0 Å². The van der Waals surface area contributed by atoms with Gasteiger partial charge in [0.05, 0.1) is 12.7 Å². The van der Waals surface area contributed by atoms with Gasteiger partial charge < -0.3 is 10.1 Å². The Hall–Kier alpha value is -3.93. The van der Waals surface area contributed by atoms with E-state index in [4.69, 9.17) is 4.74 Å². The fourth-order valence-electron chi connectivity index (χ4n) is 2.83. The molecule has 29 heavy (non-hydrogen) atoms. The first-order chi connectivity index (χ1) is 14.2. The van der Waals surface area contributed by atoms with Gasteiger partial charge in [0, 0.05) is 5.69 Å². The zero-order valence-corrected chi connectivity index (χ0v) is 15.5.